The molecule has 3 atom stereocenters. The van der Waals surface area contributed by atoms with Gasteiger partial charge in [-0.15, -0.1) is 11.3 Å². The van der Waals surface area contributed by atoms with Gasteiger partial charge in [-0.2, -0.15) is 0 Å². The molecule has 0 saturated carbocycles. The number of anilines is 1. The zero-order valence-electron chi connectivity index (χ0n) is 35.7. The summed E-state index contributed by atoms with van der Waals surface area (Å²) in [6.07, 6.45) is 9.80. The van der Waals surface area contributed by atoms with E-state index in [9.17, 15) is 14.7 Å². The highest BCUT2D eigenvalue weighted by atomic mass is 32.1. The van der Waals surface area contributed by atoms with Crippen molar-refractivity contribution in [1.29, 1.82) is 0 Å². The predicted molar refractivity (Wildman–Crippen MR) is 251 cm³/mol. The van der Waals surface area contributed by atoms with E-state index < -0.39 is 17.8 Å². The van der Waals surface area contributed by atoms with Crippen LogP contribution in [-0.2, 0) is 23.2 Å². The van der Waals surface area contributed by atoms with Crippen LogP contribution in [0.4, 0.5) is 15.3 Å². The normalized spacial score (nSPS) is 19.2. The highest BCUT2D eigenvalue weighted by Crippen LogP contribution is 2.48. The first-order chi connectivity index (χ1) is 30.7. The number of amides is 2. The van der Waals surface area contributed by atoms with E-state index >= 15 is 0 Å². The van der Waals surface area contributed by atoms with Gasteiger partial charge in [0.05, 0.1) is 30.5 Å². The maximum Gasteiger partial charge on any atom is 0.407 e. The van der Waals surface area contributed by atoms with Crippen LogP contribution in [0.5, 0.6) is 0 Å². The lowest BCUT2D eigenvalue weighted by Gasteiger charge is -2.40. The number of benzene rings is 5. The van der Waals surface area contributed by atoms with E-state index in [1.54, 1.807) is 16.2 Å². The zero-order chi connectivity index (χ0) is 43.0. The number of hydrogen-bond donors (Lipinski definition) is 4. The van der Waals surface area contributed by atoms with Gasteiger partial charge >= 0.3 is 12.2 Å². The van der Waals surface area contributed by atoms with Crippen LogP contribution in [0.15, 0.2) is 110 Å². The molecule has 0 spiro atoms. The molecule has 1 aliphatic carbocycles. The third-order valence-corrected chi connectivity index (χ3v) is 15.3. The Bertz CT molecular complexity index is 2980. The minimum absolute atomic E-state index is 0.0613. The third-order valence-electron chi connectivity index (χ3n) is 14.1. The van der Waals surface area contributed by atoms with Crippen LogP contribution in [0, 0.1) is 5.92 Å². The van der Waals surface area contributed by atoms with E-state index in [0.29, 0.717) is 13.0 Å². The van der Waals surface area contributed by atoms with Gasteiger partial charge in [0.1, 0.15) is 6.17 Å². The van der Waals surface area contributed by atoms with Crippen molar-refractivity contribution in [2.45, 2.75) is 76.3 Å². The van der Waals surface area contributed by atoms with Crippen molar-refractivity contribution in [2.24, 2.45) is 5.92 Å². The number of imidazole rings is 1. The average Bonchev–Trinajstić information content (AvgIpc) is 4.16. The van der Waals surface area contributed by atoms with Gasteiger partial charge in [-0.1, -0.05) is 80.6 Å². The lowest BCUT2D eigenvalue weighted by Crippen LogP contribution is -2.60. The molecule has 3 aliphatic heterocycles. The van der Waals surface area contributed by atoms with E-state index in [1.165, 1.54) is 50.9 Å². The number of thiophene rings is 1. The van der Waals surface area contributed by atoms with Crippen LogP contribution in [0.3, 0.4) is 0 Å². The average molecular weight is 858 g/mol. The Morgan fingerprint density at radius 2 is 1.76 bits per heavy atom. The molecule has 2 saturated heterocycles. The van der Waals surface area contributed by atoms with Crippen molar-refractivity contribution in [3.8, 4) is 21.6 Å². The second-order valence-electron chi connectivity index (χ2n) is 17.9. The summed E-state index contributed by atoms with van der Waals surface area (Å²) in [5, 5.41) is 23.7. The lowest BCUT2D eigenvalue weighted by molar-refractivity contribution is 0.103. The van der Waals surface area contributed by atoms with Crippen LogP contribution in [0.25, 0.3) is 53.5 Å². The van der Waals surface area contributed by atoms with Crippen molar-refractivity contribution in [1.82, 2.24) is 30.4 Å². The van der Waals surface area contributed by atoms with Crippen LogP contribution < -0.4 is 20.9 Å². The molecular formula is C51H51N7O4S. The Labute approximate surface area is 370 Å². The smallest absolute Gasteiger partial charge is 0.407 e. The fourth-order valence-electron chi connectivity index (χ4n) is 11.0. The standard InChI is InChI=1S/C51H51N7O4S/c1-30(2)42(55-49(59)62-3)26-35-14-18-39-37-9-5-4-8-31(37)25-40(39)47(35)57-23-7-11-46(57)58-29-52-41-19-15-32-24-33(13-17-38(32)48(41)58)43-27-34-12-16-36(28-44(34)63-43)51(53-20-21-54-51)45-10-6-22-56(45)50(60)61/h4-5,8-9,12-21,24,27-30,42,45-46,53-54H,6-7,10-11,22-23,25-26H2,1-3H3,(H,55,59)(H,60,61)/t42-,45?,46-/m0/s1. The molecule has 2 aromatic heterocycles. The molecule has 11 rings (SSSR count). The molecule has 5 heterocycles. The van der Waals surface area contributed by atoms with Crippen molar-refractivity contribution >= 4 is 61.1 Å². The molecule has 2 amide bonds. The molecule has 4 aliphatic rings. The first-order valence-electron chi connectivity index (χ1n) is 22.2. The number of aromatic nitrogens is 2. The molecule has 5 aromatic carbocycles. The second kappa shape index (κ2) is 15.4. The lowest BCUT2D eigenvalue weighted by atomic mass is 9.89. The minimum Gasteiger partial charge on any atom is -0.465 e. The van der Waals surface area contributed by atoms with Gasteiger partial charge in [0.15, 0.2) is 5.66 Å². The fraction of sp³-hybridized carbons (Fsp3) is 0.314. The Morgan fingerprint density at radius 1 is 0.937 bits per heavy atom. The van der Waals surface area contributed by atoms with Gasteiger partial charge < -0.3 is 40.2 Å². The molecule has 63 heavy (non-hydrogen) atoms. The molecule has 4 N–H and O–H groups in total. The SMILES string of the molecule is COC(=O)N[C@@H](Cc1ccc2c(c1N1CCC[C@@H]1n1cnc3ccc4cc(-c5cc6ccc(C7(C8CCCN8C(=O)O)NC=CN7)cc6s5)ccc4c31)Cc1ccccc1-2)C(C)C. The largest absolute Gasteiger partial charge is 0.465 e. The highest BCUT2D eigenvalue weighted by Gasteiger charge is 2.48. The number of rotatable bonds is 9. The van der Waals surface area contributed by atoms with Gasteiger partial charge in [0.2, 0.25) is 0 Å². The summed E-state index contributed by atoms with van der Waals surface area (Å²) in [6.45, 7) is 5.76. The summed E-state index contributed by atoms with van der Waals surface area (Å²) in [5.41, 5.74) is 11.4. The number of likely N-dealkylation sites (tertiary alicyclic amines) is 1. The molecule has 1 unspecified atom stereocenters. The monoisotopic (exact) mass is 857 g/mol. The van der Waals surface area contributed by atoms with Gasteiger partial charge in [-0.3, -0.25) is 0 Å². The summed E-state index contributed by atoms with van der Waals surface area (Å²) >= 11 is 1.76. The number of carbonyl (C=O) groups is 2. The van der Waals surface area contributed by atoms with E-state index in [-0.39, 0.29) is 24.2 Å². The highest BCUT2D eigenvalue weighted by molar-refractivity contribution is 7.22. The molecule has 7 aromatic rings. The molecule has 0 radical (unpaired) electrons. The number of alkyl carbamates (subject to hydrolysis) is 1. The number of fused-ring (bicyclic) bond motifs is 7. The van der Waals surface area contributed by atoms with Gasteiger partial charge in [-0.05, 0) is 106 Å². The Kier molecular flexibility index (Phi) is 9.60. The van der Waals surface area contributed by atoms with Crippen molar-refractivity contribution in [3.63, 3.8) is 0 Å². The fourth-order valence-corrected chi connectivity index (χ4v) is 12.1. The molecular weight excluding hydrogens is 807 g/mol. The number of ether oxygens (including phenoxy) is 1. The number of nitrogens with zero attached hydrogens (tertiary/aromatic N) is 4. The van der Waals surface area contributed by atoms with E-state index in [1.807, 2.05) is 18.7 Å². The molecule has 320 valence electrons. The topological polar surface area (TPSA) is 124 Å². The van der Waals surface area contributed by atoms with Crippen LogP contribution in [0.2, 0.25) is 0 Å². The predicted octanol–water partition coefficient (Wildman–Crippen LogP) is 10.3. The Morgan fingerprint density at radius 3 is 2.59 bits per heavy atom. The summed E-state index contributed by atoms with van der Waals surface area (Å²) in [6, 6.07) is 33.0. The first-order valence-corrected chi connectivity index (χ1v) is 23.0. The zero-order valence-corrected chi connectivity index (χ0v) is 36.5. The summed E-state index contributed by atoms with van der Waals surface area (Å²) < 4.78 is 8.63. The number of carbonyl (C=O) groups excluding carboxylic acids is 1. The van der Waals surface area contributed by atoms with Crippen LogP contribution in [-0.4, -0.2) is 64.0 Å². The third kappa shape index (κ3) is 6.48. The number of nitrogens with one attached hydrogen (secondary N) is 3. The van der Waals surface area contributed by atoms with Gasteiger partial charge in [0, 0.05) is 64.2 Å². The maximum absolute atomic E-state index is 12.5. The molecule has 12 heteroatoms. The summed E-state index contributed by atoms with van der Waals surface area (Å²) in [4.78, 5) is 35.1. The molecule has 2 fully saturated rings. The Balaban J connectivity index is 0.953. The summed E-state index contributed by atoms with van der Waals surface area (Å²) in [5.74, 6) is 0.209. The van der Waals surface area contributed by atoms with Crippen LogP contribution in [0.1, 0.15) is 68.0 Å². The van der Waals surface area contributed by atoms with Crippen molar-refractivity contribution in [2.75, 3.05) is 25.1 Å². The minimum atomic E-state index is -0.884. The number of hydrogen-bond acceptors (Lipinski definition) is 8. The number of carboxylic acid groups (broad SMARTS) is 1. The number of methoxy groups -OCH3 is 1. The maximum atomic E-state index is 12.5. The molecule has 0 bridgehead atoms. The van der Waals surface area contributed by atoms with E-state index in [4.69, 9.17) is 9.72 Å². The van der Waals surface area contributed by atoms with Gasteiger partial charge in [-0.25, -0.2) is 14.6 Å². The van der Waals surface area contributed by atoms with Crippen molar-refractivity contribution < 1.29 is 19.4 Å². The quantitative estimate of drug-likeness (QED) is 0.113. The molecule has 11 nitrogen and oxygen atoms in total. The Hall–Kier alpha value is -6.53. The first kappa shape index (κ1) is 39.3. The van der Waals surface area contributed by atoms with Crippen molar-refractivity contribution in [3.05, 3.63) is 132 Å². The van der Waals surface area contributed by atoms with Gasteiger partial charge in [0.25, 0.3) is 0 Å². The summed E-state index contributed by atoms with van der Waals surface area (Å²) in [7, 11) is 1.43. The van der Waals surface area contributed by atoms with E-state index in [2.05, 4.69) is 130 Å². The van der Waals surface area contributed by atoms with E-state index in [0.717, 1.165) is 76.3 Å². The second-order valence-corrected chi connectivity index (χ2v) is 19.0. The van der Waals surface area contributed by atoms with Crippen LogP contribution >= 0.6 is 11.3 Å².